The maximum Gasteiger partial charge on any atom is 0.227 e. The molecular weight excluding hydrogens is 434 g/mol. The molecule has 2 heterocycles. The Kier molecular flexibility index (Phi) is 9.59. The number of aliphatic hydroxyl groups excluding tert-OH is 1. The third-order valence-corrected chi connectivity index (χ3v) is 5.82. The van der Waals surface area contributed by atoms with E-state index < -0.39 is 12.1 Å². The van der Waals surface area contributed by atoms with Gasteiger partial charge in [-0.2, -0.15) is 0 Å². The zero-order chi connectivity index (χ0) is 24.6. The van der Waals surface area contributed by atoms with Gasteiger partial charge in [-0.1, -0.05) is 38.0 Å². The Morgan fingerprint density at radius 1 is 1.21 bits per heavy atom. The van der Waals surface area contributed by atoms with Gasteiger partial charge in [0.05, 0.1) is 6.10 Å². The van der Waals surface area contributed by atoms with Gasteiger partial charge in [-0.15, -0.1) is 0 Å². The first kappa shape index (κ1) is 26.3. The van der Waals surface area contributed by atoms with Gasteiger partial charge < -0.3 is 23.7 Å². The van der Waals surface area contributed by atoms with Crippen LogP contribution in [0.5, 0.6) is 0 Å². The van der Waals surface area contributed by atoms with E-state index in [1.54, 1.807) is 6.08 Å². The third-order valence-electron chi connectivity index (χ3n) is 5.82. The lowest BCUT2D eigenvalue weighted by Gasteiger charge is -2.17. The topological polar surface area (TPSA) is 91.0 Å². The molecule has 1 aromatic carbocycles. The molecule has 1 aliphatic heterocycles. The molecule has 1 unspecified atom stereocenters. The minimum absolute atomic E-state index is 0.0203. The number of oxazole rings is 1. The Balaban J connectivity index is 1.80. The van der Waals surface area contributed by atoms with Crippen LogP contribution in [0.1, 0.15) is 82.0 Å². The third kappa shape index (κ3) is 7.34. The van der Waals surface area contributed by atoms with E-state index in [1.165, 1.54) is 7.11 Å². The summed E-state index contributed by atoms with van der Waals surface area (Å²) in [5.41, 5.74) is 1.17. The normalized spacial score (nSPS) is 20.7. The molecule has 3 atom stereocenters. The van der Waals surface area contributed by atoms with Crippen LogP contribution in [0.2, 0.25) is 0 Å². The number of Topliss-reactive ketones (excluding diaryl/α,β-unsaturated/α-hetero) is 1. The summed E-state index contributed by atoms with van der Waals surface area (Å²) in [5.74, 6) is 0.109. The van der Waals surface area contributed by atoms with Gasteiger partial charge in [-0.3, -0.25) is 4.79 Å². The van der Waals surface area contributed by atoms with Gasteiger partial charge in [-0.05, 0) is 63.8 Å². The van der Waals surface area contributed by atoms with Crippen LogP contribution in [0.4, 0.5) is 0 Å². The van der Waals surface area contributed by atoms with E-state index in [2.05, 4.69) is 11.9 Å². The average molecular weight is 472 g/mol. The van der Waals surface area contributed by atoms with E-state index in [-0.39, 0.29) is 18.0 Å². The molecule has 1 fully saturated rings. The predicted octanol–water partition coefficient (Wildman–Crippen LogP) is 5.77. The van der Waals surface area contributed by atoms with Crippen LogP contribution in [0.25, 0.3) is 17.5 Å². The van der Waals surface area contributed by atoms with Crippen molar-refractivity contribution in [3.63, 3.8) is 0 Å². The lowest BCUT2D eigenvalue weighted by Crippen LogP contribution is -2.22. The summed E-state index contributed by atoms with van der Waals surface area (Å²) in [7, 11) is 1.48. The van der Waals surface area contributed by atoms with Crippen LogP contribution in [0, 0.1) is 0 Å². The zero-order valence-electron chi connectivity index (χ0n) is 20.7. The Labute approximate surface area is 202 Å². The van der Waals surface area contributed by atoms with Crippen molar-refractivity contribution >= 4 is 11.9 Å². The number of hydrogen-bond acceptors (Lipinski definition) is 7. The molecule has 0 radical (unpaired) electrons. The molecule has 0 spiro atoms. The number of ether oxygens (including phenoxy) is 3. The number of methoxy groups -OCH3 is 1. The molecule has 34 heavy (non-hydrogen) atoms. The average Bonchev–Trinajstić information content (AvgIpc) is 3.38. The van der Waals surface area contributed by atoms with E-state index in [4.69, 9.17) is 18.6 Å². The van der Waals surface area contributed by atoms with Crippen LogP contribution in [0.15, 0.2) is 40.8 Å². The highest BCUT2D eigenvalue weighted by Gasteiger charge is 2.39. The Hall–Kier alpha value is -2.32. The fourth-order valence-corrected chi connectivity index (χ4v) is 4.05. The number of benzene rings is 1. The van der Waals surface area contributed by atoms with Crippen LogP contribution in [0.3, 0.4) is 0 Å². The van der Waals surface area contributed by atoms with Crippen LogP contribution in [-0.2, 0) is 14.2 Å². The summed E-state index contributed by atoms with van der Waals surface area (Å²) < 4.78 is 23.1. The lowest BCUT2D eigenvalue weighted by molar-refractivity contribution is -0.144. The van der Waals surface area contributed by atoms with Crippen molar-refractivity contribution in [2.45, 2.75) is 90.0 Å². The van der Waals surface area contributed by atoms with Gasteiger partial charge >= 0.3 is 0 Å². The highest BCUT2D eigenvalue weighted by atomic mass is 16.7. The van der Waals surface area contributed by atoms with Crippen molar-refractivity contribution in [3.8, 4) is 11.5 Å². The van der Waals surface area contributed by atoms with Gasteiger partial charge in [-0.25, -0.2) is 4.98 Å². The second-order valence-corrected chi connectivity index (χ2v) is 9.10. The maximum atomic E-state index is 12.9. The van der Waals surface area contributed by atoms with Gasteiger partial charge in [0.25, 0.3) is 0 Å². The van der Waals surface area contributed by atoms with Crippen molar-refractivity contribution in [1.82, 2.24) is 4.98 Å². The lowest BCUT2D eigenvalue weighted by atomic mass is 10.1. The number of hydrogen-bond donors (Lipinski definition) is 1. The van der Waals surface area contributed by atoms with E-state index in [9.17, 15) is 9.90 Å². The first-order valence-corrected chi connectivity index (χ1v) is 12.2. The number of aliphatic hydroxyl groups is 1. The molecule has 1 N–H and O–H groups in total. The molecule has 186 valence electrons. The number of rotatable bonds is 13. The minimum Gasteiger partial charge on any atom is -0.436 e. The number of ketones is 1. The minimum atomic E-state index is -0.781. The van der Waals surface area contributed by atoms with Crippen molar-refractivity contribution in [2.24, 2.45) is 0 Å². The second-order valence-electron chi connectivity index (χ2n) is 9.10. The second kappa shape index (κ2) is 12.4. The number of nitrogens with zero attached hydrogens (tertiary/aromatic N) is 1. The first-order chi connectivity index (χ1) is 16.3. The monoisotopic (exact) mass is 471 g/mol. The molecule has 0 saturated carbocycles. The number of carbonyl (C=O) groups is 1. The van der Waals surface area contributed by atoms with E-state index in [0.717, 1.165) is 31.2 Å². The molecule has 1 aliphatic rings. The SMILES string of the molecule is CCCCCC(=O)c1nc(-c2ccccc2)oc1/C=C/[C@H]1OC(C)(C)O[C@H]1CCCC(O)OC. The first-order valence-electron chi connectivity index (χ1n) is 12.2. The van der Waals surface area contributed by atoms with E-state index in [0.29, 0.717) is 36.6 Å². The summed E-state index contributed by atoms with van der Waals surface area (Å²) in [6.07, 6.45) is 7.64. The van der Waals surface area contributed by atoms with Gasteiger partial charge in [0.15, 0.2) is 29.3 Å². The largest absolute Gasteiger partial charge is 0.436 e. The predicted molar refractivity (Wildman–Crippen MR) is 130 cm³/mol. The number of unbranched alkanes of at least 4 members (excludes halogenated alkanes) is 2. The van der Waals surface area contributed by atoms with Crippen LogP contribution in [-0.4, -0.2) is 47.3 Å². The molecule has 7 nitrogen and oxygen atoms in total. The zero-order valence-corrected chi connectivity index (χ0v) is 20.7. The molecule has 2 aromatic rings. The van der Waals surface area contributed by atoms with E-state index in [1.807, 2.05) is 50.3 Å². The highest BCUT2D eigenvalue weighted by molar-refractivity contribution is 5.97. The summed E-state index contributed by atoms with van der Waals surface area (Å²) >= 11 is 0. The Morgan fingerprint density at radius 2 is 1.97 bits per heavy atom. The summed E-state index contributed by atoms with van der Waals surface area (Å²) in [5, 5.41) is 9.65. The standard InChI is InChI=1S/C27H37NO6/c1-5-6-8-14-20(29)25-23(32-26(28-25)19-12-9-7-10-13-19)18-17-22-21(33-27(2,3)34-22)15-11-16-24(30)31-4/h7,9-10,12-13,17-18,21-22,24,30H,5-6,8,11,14-16H2,1-4H3/b18-17+/t21-,22+,24?/m0/s1. The Bertz CT molecular complexity index is 936. The van der Waals surface area contributed by atoms with Crippen molar-refractivity contribution in [1.29, 1.82) is 0 Å². The molecule has 0 amide bonds. The molecule has 1 saturated heterocycles. The number of carbonyl (C=O) groups excluding carboxylic acids is 1. The highest BCUT2D eigenvalue weighted by Crippen LogP contribution is 2.33. The summed E-state index contributed by atoms with van der Waals surface area (Å²) in [6.45, 7) is 5.87. The molecular formula is C27H37NO6. The molecule has 1 aromatic heterocycles. The smallest absolute Gasteiger partial charge is 0.227 e. The number of aromatic nitrogens is 1. The quantitative estimate of drug-likeness (QED) is 0.225. The molecule has 3 rings (SSSR count). The maximum absolute atomic E-state index is 12.9. The van der Waals surface area contributed by atoms with Gasteiger partial charge in [0.2, 0.25) is 5.89 Å². The van der Waals surface area contributed by atoms with Gasteiger partial charge in [0, 0.05) is 19.1 Å². The molecule has 0 bridgehead atoms. The van der Waals surface area contributed by atoms with Crippen LogP contribution >= 0.6 is 0 Å². The van der Waals surface area contributed by atoms with Gasteiger partial charge in [0.1, 0.15) is 6.10 Å². The van der Waals surface area contributed by atoms with Crippen molar-refractivity contribution < 1.29 is 28.5 Å². The molecule has 0 aliphatic carbocycles. The Morgan fingerprint density at radius 3 is 2.68 bits per heavy atom. The summed E-state index contributed by atoms with van der Waals surface area (Å²) in [4.78, 5) is 17.5. The fourth-order valence-electron chi connectivity index (χ4n) is 4.05. The van der Waals surface area contributed by atoms with Crippen molar-refractivity contribution in [2.75, 3.05) is 7.11 Å². The molecule has 7 heteroatoms. The van der Waals surface area contributed by atoms with E-state index >= 15 is 0 Å². The van der Waals surface area contributed by atoms with Crippen LogP contribution < -0.4 is 0 Å². The van der Waals surface area contributed by atoms with Crippen molar-refractivity contribution in [3.05, 3.63) is 47.9 Å². The summed E-state index contributed by atoms with van der Waals surface area (Å²) in [6, 6.07) is 9.57. The fraction of sp³-hybridized carbons (Fsp3) is 0.556.